The van der Waals surface area contributed by atoms with E-state index in [0.717, 1.165) is 39.6 Å². The molecular formula is C28H27N3. The topological polar surface area (TPSA) is 37.6 Å². The summed E-state index contributed by atoms with van der Waals surface area (Å²) in [5, 5.41) is 2.33. The zero-order chi connectivity index (χ0) is 22.0. The van der Waals surface area contributed by atoms with Gasteiger partial charge in [0.05, 0.1) is 34.2 Å². The van der Waals surface area contributed by atoms with Crippen molar-refractivity contribution in [2.24, 2.45) is 9.98 Å². The van der Waals surface area contributed by atoms with Crippen LogP contribution in [-0.2, 0) is 0 Å². The minimum absolute atomic E-state index is 0.859. The number of rotatable bonds is 4. The van der Waals surface area contributed by atoms with E-state index in [1.807, 2.05) is 56.3 Å². The van der Waals surface area contributed by atoms with Gasteiger partial charge in [0.2, 0.25) is 0 Å². The highest BCUT2D eigenvalue weighted by Crippen LogP contribution is 2.27. The summed E-state index contributed by atoms with van der Waals surface area (Å²) in [7, 11) is 0. The molecule has 0 spiro atoms. The van der Waals surface area contributed by atoms with E-state index in [1.54, 1.807) is 0 Å². The molecule has 0 unspecified atom stereocenters. The Morgan fingerprint density at radius 2 is 1.26 bits per heavy atom. The van der Waals surface area contributed by atoms with E-state index in [4.69, 9.17) is 15.0 Å². The first kappa shape index (κ1) is 20.7. The molecule has 1 heterocycles. The molecule has 1 aromatic heterocycles. The molecule has 0 aliphatic rings. The third-order valence-electron chi connectivity index (χ3n) is 5.46. The number of fused-ring (bicyclic) bond motifs is 1. The summed E-state index contributed by atoms with van der Waals surface area (Å²) >= 11 is 0. The van der Waals surface area contributed by atoms with Crippen LogP contribution in [0.5, 0.6) is 0 Å². The fraction of sp³-hybridized carbons (Fsp3) is 0.179. The Balaban J connectivity index is 1.70. The highest BCUT2D eigenvalue weighted by molar-refractivity contribution is 6.04. The smallest absolute Gasteiger partial charge is 0.0849 e. The summed E-state index contributed by atoms with van der Waals surface area (Å²) in [6, 6.07) is 24.9. The zero-order valence-corrected chi connectivity index (χ0v) is 18.8. The quantitative estimate of drug-likeness (QED) is 0.325. The van der Waals surface area contributed by atoms with Gasteiger partial charge >= 0.3 is 0 Å². The number of hydrogen-bond acceptors (Lipinski definition) is 3. The van der Waals surface area contributed by atoms with Gasteiger partial charge in [-0.3, -0.25) is 9.98 Å². The summed E-state index contributed by atoms with van der Waals surface area (Å²) in [6.45, 7) is 10.4. The van der Waals surface area contributed by atoms with Gasteiger partial charge in [0.1, 0.15) is 0 Å². The van der Waals surface area contributed by atoms with Gasteiger partial charge < -0.3 is 0 Å². The molecule has 0 amide bonds. The van der Waals surface area contributed by atoms with E-state index < -0.39 is 0 Å². The van der Waals surface area contributed by atoms with Crippen molar-refractivity contribution in [1.29, 1.82) is 0 Å². The molecule has 0 aliphatic carbocycles. The predicted octanol–water partition coefficient (Wildman–Crippen LogP) is 7.44. The molecule has 0 atom stereocenters. The average Bonchev–Trinajstić information content (AvgIpc) is 2.76. The molecule has 4 rings (SSSR count). The summed E-state index contributed by atoms with van der Waals surface area (Å²) in [6.07, 6.45) is 0. The van der Waals surface area contributed by atoms with Crippen LogP contribution < -0.4 is 0 Å². The summed E-state index contributed by atoms with van der Waals surface area (Å²) in [5.41, 5.74) is 9.11. The van der Waals surface area contributed by atoms with Gasteiger partial charge in [0.25, 0.3) is 0 Å². The lowest BCUT2D eigenvalue weighted by Gasteiger charge is -2.09. The summed E-state index contributed by atoms with van der Waals surface area (Å²) < 4.78 is 0. The average molecular weight is 406 g/mol. The third kappa shape index (κ3) is 4.46. The number of hydrogen-bond donors (Lipinski definition) is 0. The minimum atomic E-state index is 0.859. The van der Waals surface area contributed by atoms with Crippen molar-refractivity contribution in [3.05, 3.63) is 101 Å². The fourth-order valence-electron chi connectivity index (χ4n) is 3.96. The predicted molar refractivity (Wildman–Crippen MR) is 133 cm³/mol. The van der Waals surface area contributed by atoms with Crippen molar-refractivity contribution in [2.75, 3.05) is 0 Å². The maximum absolute atomic E-state index is 4.91. The van der Waals surface area contributed by atoms with E-state index >= 15 is 0 Å². The second kappa shape index (κ2) is 8.65. The van der Waals surface area contributed by atoms with Crippen LogP contribution in [0.3, 0.4) is 0 Å². The van der Waals surface area contributed by atoms with Gasteiger partial charge in [-0.05, 0) is 69.3 Å². The molecule has 0 bridgehead atoms. The Bertz CT molecular complexity index is 1300. The van der Waals surface area contributed by atoms with E-state index in [9.17, 15) is 0 Å². The number of nitrogens with zero attached hydrogens (tertiary/aromatic N) is 3. The highest BCUT2D eigenvalue weighted by Gasteiger charge is 2.08. The van der Waals surface area contributed by atoms with Crippen LogP contribution in [0.2, 0.25) is 0 Å². The molecule has 0 radical (unpaired) electrons. The molecule has 0 aliphatic heterocycles. The largest absolute Gasteiger partial charge is 0.251 e. The van der Waals surface area contributed by atoms with Crippen molar-refractivity contribution >= 4 is 33.6 Å². The third-order valence-corrected chi connectivity index (χ3v) is 5.46. The van der Waals surface area contributed by atoms with Crippen molar-refractivity contribution in [2.45, 2.75) is 34.6 Å². The Morgan fingerprint density at radius 3 is 1.97 bits per heavy atom. The first-order valence-corrected chi connectivity index (χ1v) is 10.6. The Labute approximate surface area is 184 Å². The molecule has 31 heavy (non-hydrogen) atoms. The first-order valence-electron chi connectivity index (χ1n) is 10.6. The van der Waals surface area contributed by atoms with E-state index in [0.29, 0.717) is 0 Å². The molecule has 3 nitrogen and oxygen atoms in total. The Morgan fingerprint density at radius 1 is 0.677 bits per heavy atom. The SMILES string of the molecule is C/C(=N\c1c(C)cc(C)cc1C)c1cccc(/C(C)=N/c2cccc3ccccc23)n1. The monoisotopic (exact) mass is 405 g/mol. The molecule has 3 aromatic carbocycles. The lowest BCUT2D eigenvalue weighted by atomic mass is 10.1. The number of aliphatic imine (C=N–C) groups is 2. The van der Waals surface area contributed by atoms with Gasteiger partial charge in [-0.25, -0.2) is 4.98 Å². The second-order valence-corrected chi connectivity index (χ2v) is 8.05. The first-order chi connectivity index (χ1) is 14.9. The maximum Gasteiger partial charge on any atom is 0.0849 e. The zero-order valence-electron chi connectivity index (χ0n) is 18.8. The molecule has 0 fully saturated rings. The van der Waals surface area contributed by atoms with Crippen LogP contribution in [0.15, 0.2) is 82.8 Å². The molecule has 0 saturated heterocycles. The number of benzene rings is 3. The highest BCUT2D eigenvalue weighted by atomic mass is 14.8. The standard InChI is InChI=1S/C28H27N3/c1-18-16-19(2)28(20(3)17-18)30-22(5)26-14-9-13-25(31-26)21(4)29-27-15-8-11-23-10-6-7-12-24(23)27/h6-17H,1-5H3/b29-21+,30-22+. The lowest BCUT2D eigenvalue weighted by Crippen LogP contribution is -2.05. The van der Waals surface area contributed by atoms with Crippen LogP contribution >= 0.6 is 0 Å². The molecular weight excluding hydrogens is 378 g/mol. The molecule has 0 saturated carbocycles. The number of pyridine rings is 1. The van der Waals surface area contributed by atoms with Gasteiger partial charge in [-0.2, -0.15) is 0 Å². The van der Waals surface area contributed by atoms with Gasteiger partial charge in [-0.1, -0.05) is 60.2 Å². The summed E-state index contributed by atoms with van der Waals surface area (Å²) in [4.78, 5) is 14.7. The lowest BCUT2D eigenvalue weighted by molar-refractivity contribution is 1.23. The Kier molecular flexibility index (Phi) is 5.77. The van der Waals surface area contributed by atoms with E-state index in [1.165, 1.54) is 22.1 Å². The molecule has 154 valence electrons. The van der Waals surface area contributed by atoms with Gasteiger partial charge in [0.15, 0.2) is 0 Å². The fourth-order valence-corrected chi connectivity index (χ4v) is 3.96. The maximum atomic E-state index is 4.91. The molecule has 4 aromatic rings. The van der Waals surface area contributed by atoms with Crippen molar-refractivity contribution in [1.82, 2.24) is 4.98 Å². The molecule has 0 N–H and O–H groups in total. The van der Waals surface area contributed by atoms with Crippen LogP contribution in [-0.4, -0.2) is 16.4 Å². The van der Waals surface area contributed by atoms with E-state index in [2.05, 4.69) is 51.1 Å². The van der Waals surface area contributed by atoms with Gasteiger partial charge in [0, 0.05) is 5.39 Å². The molecule has 3 heteroatoms. The minimum Gasteiger partial charge on any atom is -0.251 e. The second-order valence-electron chi connectivity index (χ2n) is 8.05. The van der Waals surface area contributed by atoms with E-state index in [-0.39, 0.29) is 0 Å². The van der Waals surface area contributed by atoms with Crippen LogP contribution in [0, 0.1) is 20.8 Å². The van der Waals surface area contributed by atoms with Crippen LogP contribution in [0.4, 0.5) is 11.4 Å². The van der Waals surface area contributed by atoms with Crippen molar-refractivity contribution in [3.8, 4) is 0 Å². The normalized spacial score (nSPS) is 12.4. The number of aryl methyl sites for hydroxylation is 3. The number of aromatic nitrogens is 1. The van der Waals surface area contributed by atoms with Crippen molar-refractivity contribution in [3.63, 3.8) is 0 Å². The van der Waals surface area contributed by atoms with Crippen molar-refractivity contribution < 1.29 is 0 Å². The summed E-state index contributed by atoms with van der Waals surface area (Å²) in [5.74, 6) is 0. The Hall–Kier alpha value is -3.59. The van der Waals surface area contributed by atoms with Crippen LogP contribution in [0.1, 0.15) is 41.9 Å². The van der Waals surface area contributed by atoms with Crippen LogP contribution in [0.25, 0.3) is 10.8 Å². The van der Waals surface area contributed by atoms with Gasteiger partial charge in [-0.15, -0.1) is 0 Å².